The Hall–Kier alpha value is -0.540. The van der Waals surface area contributed by atoms with E-state index in [4.69, 9.17) is 0 Å². The average Bonchev–Trinajstić information content (AvgIpc) is 2.36. The number of halogens is 1. The van der Waals surface area contributed by atoms with Crippen LogP contribution in [0.4, 0.5) is 5.69 Å². The molecule has 1 N–H and O–H groups in total. The van der Waals surface area contributed by atoms with Crippen LogP contribution in [-0.4, -0.2) is 20.1 Å². The number of rotatable bonds is 7. The highest BCUT2D eigenvalue weighted by Gasteiger charge is 2.10. The molecule has 2 nitrogen and oxygen atoms in total. The second kappa shape index (κ2) is 7.80. The summed E-state index contributed by atoms with van der Waals surface area (Å²) >= 11 is 3.57. The predicted octanol–water partition coefficient (Wildman–Crippen LogP) is 4.04. The summed E-state index contributed by atoms with van der Waals surface area (Å²) in [7, 11) is 2.18. The Morgan fingerprint density at radius 2 is 2.06 bits per heavy atom. The lowest BCUT2D eigenvalue weighted by molar-refractivity contribution is 0.558. The third kappa shape index (κ3) is 4.62. The van der Waals surface area contributed by atoms with E-state index in [1.54, 1.807) is 0 Å². The van der Waals surface area contributed by atoms with Crippen molar-refractivity contribution in [1.82, 2.24) is 5.32 Å². The zero-order chi connectivity index (χ0) is 13.5. The molecule has 1 aromatic rings. The van der Waals surface area contributed by atoms with Crippen LogP contribution < -0.4 is 10.2 Å². The van der Waals surface area contributed by atoms with Crippen LogP contribution in [0.3, 0.4) is 0 Å². The Morgan fingerprint density at radius 1 is 1.33 bits per heavy atom. The van der Waals surface area contributed by atoms with Gasteiger partial charge in [0.25, 0.3) is 0 Å². The van der Waals surface area contributed by atoms with E-state index in [2.05, 4.69) is 72.2 Å². The van der Waals surface area contributed by atoms with E-state index in [1.807, 2.05) is 0 Å². The third-order valence-electron chi connectivity index (χ3n) is 3.31. The maximum atomic E-state index is 3.57. The number of nitrogens with zero attached hydrogens (tertiary/aromatic N) is 1. The van der Waals surface area contributed by atoms with Gasteiger partial charge in [-0.05, 0) is 30.2 Å². The fourth-order valence-corrected chi connectivity index (χ4v) is 2.35. The molecule has 102 valence electrons. The second-order valence-corrected chi connectivity index (χ2v) is 5.86. The van der Waals surface area contributed by atoms with E-state index in [1.165, 1.54) is 17.7 Å². The largest absolute Gasteiger partial charge is 0.374 e. The molecule has 0 aliphatic heterocycles. The molecule has 0 fully saturated rings. The van der Waals surface area contributed by atoms with E-state index in [9.17, 15) is 0 Å². The van der Waals surface area contributed by atoms with Crippen molar-refractivity contribution in [1.29, 1.82) is 0 Å². The SMILES string of the molecule is CCNCc1ccc(Br)cc1N(C)CC(C)CC. The first-order chi connectivity index (χ1) is 8.58. The van der Waals surface area contributed by atoms with Gasteiger partial charge in [0.1, 0.15) is 0 Å². The van der Waals surface area contributed by atoms with Crippen LogP contribution in [0.1, 0.15) is 32.8 Å². The zero-order valence-electron chi connectivity index (χ0n) is 12.0. The van der Waals surface area contributed by atoms with Gasteiger partial charge >= 0.3 is 0 Å². The van der Waals surface area contributed by atoms with Crippen molar-refractivity contribution < 1.29 is 0 Å². The van der Waals surface area contributed by atoms with Crippen LogP contribution in [0.2, 0.25) is 0 Å². The monoisotopic (exact) mass is 312 g/mol. The van der Waals surface area contributed by atoms with Crippen LogP contribution in [0.25, 0.3) is 0 Å². The first kappa shape index (κ1) is 15.5. The quantitative estimate of drug-likeness (QED) is 0.817. The Balaban J connectivity index is 2.86. The summed E-state index contributed by atoms with van der Waals surface area (Å²) in [6, 6.07) is 6.54. The molecule has 0 spiro atoms. The maximum Gasteiger partial charge on any atom is 0.0420 e. The van der Waals surface area contributed by atoms with Gasteiger partial charge < -0.3 is 10.2 Å². The molecule has 0 heterocycles. The standard InChI is InChI=1S/C15H25BrN2/c1-5-12(3)11-18(4)15-9-14(16)8-7-13(15)10-17-6-2/h7-9,12,17H,5-6,10-11H2,1-4H3. The second-order valence-electron chi connectivity index (χ2n) is 4.95. The van der Waals surface area contributed by atoms with Crippen molar-refractivity contribution in [3.8, 4) is 0 Å². The average molecular weight is 313 g/mol. The van der Waals surface area contributed by atoms with Crippen LogP contribution in [0.5, 0.6) is 0 Å². The van der Waals surface area contributed by atoms with Gasteiger partial charge in [-0.1, -0.05) is 49.2 Å². The van der Waals surface area contributed by atoms with Gasteiger partial charge in [0.15, 0.2) is 0 Å². The van der Waals surface area contributed by atoms with Crippen LogP contribution >= 0.6 is 15.9 Å². The molecule has 18 heavy (non-hydrogen) atoms. The summed E-state index contributed by atoms with van der Waals surface area (Å²) in [4.78, 5) is 2.37. The van der Waals surface area contributed by atoms with E-state index in [-0.39, 0.29) is 0 Å². The summed E-state index contributed by atoms with van der Waals surface area (Å²) in [5, 5.41) is 3.40. The Bertz CT molecular complexity index is 366. The van der Waals surface area contributed by atoms with Gasteiger partial charge in [-0.15, -0.1) is 0 Å². The molecule has 1 atom stereocenters. The maximum absolute atomic E-state index is 3.57. The van der Waals surface area contributed by atoms with Gasteiger partial charge in [-0.2, -0.15) is 0 Å². The van der Waals surface area contributed by atoms with Crippen LogP contribution in [0.15, 0.2) is 22.7 Å². The minimum Gasteiger partial charge on any atom is -0.374 e. The van der Waals surface area contributed by atoms with Crippen LogP contribution in [0, 0.1) is 5.92 Å². The van der Waals surface area contributed by atoms with E-state index >= 15 is 0 Å². The number of nitrogens with one attached hydrogen (secondary N) is 1. The van der Waals surface area contributed by atoms with Crippen molar-refractivity contribution in [2.75, 3.05) is 25.0 Å². The van der Waals surface area contributed by atoms with E-state index in [0.29, 0.717) is 0 Å². The molecule has 3 heteroatoms. The summed E-state index contributed by atoms with van der Waals surface area (Å²) in [5.74, 6) is 0.723. The first-order valence-corrected chi connectivity index (χ1v) is 7.58. The smallest absolute Gasteiger partial charge is 0.0420 e. The predicted molar refractivity (Wildman–Crippen MR) is 84.2 cm³/mol. The lowest BCUT2D eigenvalue weighted by atomic mass is 10.1. The number of benzene rings is 1. The molecule has 0 saturated heterocycles. The Labute approximate surface area is 120 Å². The Morgan fingerprint density at radius 3 is 2.67 bits per heavy atom. The van der Waals surface area contributed by atoms with Gasteiger partial charge in [-0.3, -0.25) is 0 Å². The number of hydrogen-bond acceptors (Lipinski definition) is 2. The van der Waals surface area contributed by atoms with Gasteiger partial charge in [0.05, 0.1) is 0 Å². The molecule has 0 bridgehead atoms. The minimum absolute atomic E-state index is 0.723. The zero-order valence-corrected chi connectivity index (χ0v) is 13.5. The molecule has 0 saturated carbocycles. The molecule has 0 aliphatic rings. The van der Waals surface area contributed by atoms with Gasteiger partial charge in [0.2, 0.25) is 0 Å². The summed E-state index contributed by atoms with van der Waals surface area (Å²) in [6.07, 6.45) is 1.22. The van der Waals surface area contributed by atoms with E-state index in [0.717, 1.165) is 30.0 Å². The molecule has 1 unspecified atom stereocenters. The summed E-state index contributed by atoms with van der Waals surface area (Å²) in [5.41, 5.74) is 2.69. The summed E-state index contributed by atoms with van der Waals surface area (Å²) < 4.78 is 1.15. The highest BCUT2D eigenvalue weighted by molar-refractivity contribution is 9.10. The van der Waals surface area contributed by atoms with Gasteiger partial charge in [-0.25, -0.2) is 0 Å². The van der Waals surface area contributed by atoms with E-state index < -0.39 is 0 Å². The fraction of sp³-hybridized carbons (Fsp3) is 0.600. The third-order valence-corrected chi connectivity index (χ3v) is 3.80. The van der Waals surface area contributed by atoms with Crippen LogP contribution in [-0.2, 0) is 6.54 Å². The van der Waals surface area contributed by atoms with Crippen molar-refractivity contribution in [3.05, 3.63) is 28.2 Å². The van der Waals surface area contributed by atoms with Crippen molar-refractivity contribution in [2.24, 2.45) is 5.92 Å². The molecule has 1 rings (SSSR count). The van der Waals surface area contributed by atoms with Gasteiger partial charge in [0, 0.05) is 30.3 Å². The number of hydrogen-bond donors (Lipinski definition) is 1. The summed E-state index contributed by atoms with van der Waals surface area (Å²) in [6.45, 7) is 9.74. The first-order valence-electron chi connectivity index (χ1n) is 6.78. The molecule has 0 aliphatic carbocycles. The van der Waals surface area contributed by atoms with Crippen molar-refractivity contribution in [2.45, 2.75) is 33.7 Å². The molecular weight excluding hydrogens is 288 g/mol. The molecular formula is C15H25BrN2. The molecule has 0 radical (unpaired) electrons. The normalized spacial score (nSPS) is 12.5. The topological polar surface area (TPSA) is 15.3 Å². The highest BCUT2D eigenvalue weighted by atomic mass is 79.9. The number of anilines is 1. The van der Waals surface area contributed by atoms with Crippen molar-refractivity contribution >= 4 is 21.6 Å². The fourth-order valence-electron chi connectivity index (χ4n) is 2.00. The molecule has 0 amide bonds. The Kier molecular flexibility index (Phi) is 6.72. The molecule has 1 aromatic carbocycles. The highest BCUT2D eigenvalue weighted by Crippen LogP contribution is 2.25. The molecule has 0 aromatic heterocycles. The minimum atomic E-state index is 0.723. The lowest BCUT2D eigenvalue weighted by Crippen LogP contribution is -2.25. The lowest BCUT2D eigenvalue weighted by Gasteiger charge is -2.25. The van der Waals surface area contributed by atoms with Crippen molar-refractivity contribution in [3.63, 3.8) is 0 Å².